The molecule has 5 N–H and O–H groups in total. The maximum Gasteiger partial charge on any atom is 0.414 e. The van der Waals surface area contributed by atoms with E-state index >= 15 is 0 Å². The molecule has 0 radical (unpaired) electrons. The Hall–Kier alpha value is -4.41. The fraction of sp³-hybridized carbons (Fsp3) is 0.393. The first-order valence-corrected chi connectivity index (χ1v) is 13.0. The maximum atomic E-state index is 12.9. The molecule has 208 valence electrons. The zero-order chi connectivity index (χ0) is 28.0. The number of benzene rings is 2. The standard InChI is InChI=1S/C28H35N5O6/c29-27(32-28(38)39-19-21-11-5-2-6-12-21)30-17-7-13-22(26(36)37)31-25(35)23-14-8-18-33(23)24(34)16-15-20-9-3-1-4-10-20/h1-6,9-12,22-23H,7-8,13-19H2,(H,31,35)(H,36,37)(H3,29,30,32,38)/t22-,23-/m0/s1. The Morgan fingerprint density at radius 3 is 2.38 bits per heavy atom. The highest BCUT2D eigenvalue weighted by Crippen LogP contribution is 2.20. The topological polar surface area (TPSA) is 163 Å². The molecular formula is C28H35N5O6. The van der Waals surface area contributed by atoms with Crippen LogP contribution < -0.4 is 16.4 Å². The number of alkyl carbamates (subject to hydrolysis) is 1. The molecule has 3 amide bonds. The van der Waals surface area contributed by atoms with Crippen molar-refractivity contribution < 1.29 is 29.0 Å². The molecular weight excluding hydrogens is 502 g/mol. The summed E-state index contributed by atoms with van der Waals surface area (Å²) < 4.78 is 5.07. The monoisotopic (exact) mass is 537 g/mol. The van der Waals surface area contributed by atoms with Crippen LogP contribution in [0, 0.1) is 0 Å². The van der Waals surface area contributed by atoms with Crippen LogP contribution in [0.3, 0.4) is 0 Å². The van der Waals surface area contributed by atoms with Gasteiger partial charge in [-0.15, -0.1) is 0 Å². The molecule has 2 atom stereocenters. The molecule has 1 saturated heterocycles. The van der Waals surface area contributed by atoms with Gasteiger partial charge in [0, 0.05) is 19.5 Å². The molecule has 1 heterocycles. The highest BCUT2D eigenvalue weighted by Gasteiger charge is 2.35. The summed E-state index contributed by atoms with van der Waals surface area (Å²) in [5.41, 5.74) is 7.57. The number of aryl methyl sites for hydroxylation is 1. The van der Waals surface area contributed by atoms with Crippen molar-refractivity contribution in [1.82, 2.24) is 15.5 Å². The highest BCUT2D eigenvalue weighted by molar-refractivity contribution is 5.93. The van der Waals surface area contributed by atoms with Crippen molar-refractivity contribution >= 4 is 29.8 Å². The molecule has 1 aliphatic rings. The number of hydrogen-bond acceptors (Lipinski definition) is 6. The summed E-state index contributed by atoms with van der Waals surface area (Å²) in [5, 5.41) is 14.5. The van der Waals surface area contributed by atoms with E-state index in [1.54, 1.807) is 4.90 Å². The third-order valence-corrected chi connectivity index (χ3v) is 6.34. The van der Waals surface area contributed by atoms with Crippen LogP contribution in [0.5, 0.6) is 0 Å². The lowest BCUT2D eigenvalue weighted by Gasteiger charge is -2.25. The smallest absolute Gasteiger partial charge is 0.414 e. The molecule has 0 saturated carbocycles. The van der Waals surface area contributed by atoms with Crippen molar-refractivity contribution in [2.75, 3.05) is 13.1 Å². The van der Waals surface area contributed by atoms with Gasteiger partial charge in [-0.1, -0.05) is 60.7 Å². The number of nitrogens with zero attached hydrogens (tertiary/aromatic N) is 2. The third kappa shape index (κ3) is 9.76. The zero-order valence-electron chi connectivity index (χ0n) is 21.8. The van der Waals surface area contributed by atoms with Gasteiger partial charge in [0.2, 0.25) is 11.8 Å². The minimum absolute atomic E-state index is 0.0803. The van der Waals surface area contributed by atoms with Crippen LogP contribution >= 0.6 is 0 Å². The molecule has 11 nitrogen and oxygen atoms in total. The summed E-state index contributed by atoms with van der Waals surface area (Å²) in [6.07, 6.45) is 1.67. The maximum absolute atomic E-state index is 12.9. The van der Waals surface area contributed by atoms with Gasteiger partial charge in [0.05, 0.1) is 0 Å². The van der Waals surface area contributed by atoms with E-state index in [0.717, 1.165) is 11.1 Å². The number of carboxylic acids is 1. The summed E-state index contributed by atoms with van der Waals surface area (Å²) in [6.45, 7) is 0.688. The summed E-state index contributed by atoms with van der Waals surface area (Å²) in [5.74, 6) is -1.93. The summed E-state index contributed by atoms with van der Waals surface area (Å²) in [7, 11) is 0. The van der Waals surface area contributed by atoms with Gasteiger partial charge < -0.3 is 25.8 Å². The minimum Gasteiger partial charge on any atom is -0.480 e. The van der Waals surface area contributed by atoms with Gasteiger partial charge in [0.25, 0.3) is 0 Å². The number of aliphatic carboxylic acids is 1. The molecule has 0 aromatic heterocycles. The number of likely N-dealkylation sites (tertiary alicyclic amines) is 1. The van der Waals surface area contributed by atoms with Gasteiger partial charge in [0.1, 0.15) is 18.7 Å². The fourth-order valence-electron chi connectivity index (χ4n) is 4.30. The lowest BCUT2D eigenvalue weighted by Crippen LogP contribution is -2.51. The molecule has 0 unspecified atom stereocenters. The van der Waals surface area contributed by atoms with Crippen LogP contribution in [-0.2, 0) is 32.1 Å². The van der Waals surface area contributed by atoms with Crippen molar-refractivity contribution in [3.05, 3.63) is 71.8 Å². The Morgan fingerprint density at radius 1 is 1.05 bits per heavy atom. The number of aliphatic imine (C=N–C) groups is 1. The number of amides is 3. The molecule has 39 heavy (non-hydrogen) atoms. The van der Waals surface area contributed by atoms with Crippen molar-refractivity contribution in [3.63, 3.8) is 0 Å². The number of carboxylic acid groups (broad SMARTS) is 1. The second kappa shape index (κ2) is 15.1. The Labute approximate surface area is 227 Å². The zero-order valence-corrected chi connectivity index (χ0v) is 21.8. The summed E-state index contributed by atoms with van der Waals surface area (Å²) in [4.78, 5) is 54.8. The van der Waals surface area contributed by atoms with E-state index in [4.69, 9.17) is 10.5 Å². The molecule has 1 fully saturated rings. The van der Waals surface area contributed by atoms with E-state index in [2.05, 4.69) is 15.6 Å². The van der Waals surface area contributed by atoms with Crippen molar-refractivity contribution in [2.24, 2.45) is 10.7 Å². The van der Waals surface area contributed by atoms with E-state index < -0.39 is 30.1 Å². The average molecular weight is 538 g/mol. The van der Waals surface area contributed by atoms with Gasteiger partial charge in [-0.25, -0.2) is 9.59 Å². The van der Waals surface area contributed by atoms with Crippen LogP contribution in [0.4, 0.5) is 4.79 Å². The Morgan fingerprint density at radius 2 is 1.72 bits per heavy atom. The van der Waals surface area contributed by atoms with Gasteiger partial charge in [0.15, 0.2) is 5.96 Å². The molecule has 0 aliphatic carbocycles. The van der Waals surface area contributed by atoms with Crippen molar-refractivity contribution in [3.8, 4) is 0 Å². The number of carbonyl (C=O) groups is 4. The lowest BCUT2D eigenvalue weighted by atomic mass is 10.1. The first kappa shape index (κ1) is 29.2. The Balaban J connectivity index is 1.41. The molecule has 1 aliphatic heterocycles. The predicted molar refractivity (Wildman–Crippen MR) is 145 cm³/mol. The van der Waals surface area contributed by atoms with Gasteiger partial charge >= 0.3 is 12.1 Å². The average Bonchev–Trinajstić information content (AvgIpc) is 3.43. The van der Waals surface area contributed by atoms with E-state index in [1.807, 2.05) is 60.7 Å². The first-order chi connectivity index (χ1) is 18.8. The third-order valence-electron chi connectivity index (χ3n) is 6.34. The van der Waals surface area contributed by atoms with Crippen molar-refractivity contribution in [1.29, 1.82) is 0 Å². The molecule has 0 bridgehead atoms. The predicted octanol–water partition coefficient (Wildman–Crippen LogP) is 2.20. The number of nitrogens with two attached hydrogens (primary N) is 1. The highest BCUT2D eigenvalue weighted by atomic mass is 16.5. The molecule has 0 spiro atoms. The van der Waals surface area contributed by atoms with E-state index in [1.165, 1.54) is 0 Å². The van der Waals surface area contributed by atoms with E-state index in [0.29, 0.717) is 32.2 Å². The number of rotatable bonds is 12. The summed E-state index contributed by atoms with van der Waals surface area (Å²) >= 11 is 0. The Kier molecular flexibility index (Phi) is 11.3. The van der Waals surface area contributed by atoms with E-state index in [-0.39, 0.29) is 37.9 Å². The number of ether oxygens (including phenoxy) is 1. The van der Waals surface area contributed by atoms with Crippen molar-refractivity contribution in [2.45, 2.75) is 57.2 Å². The number of guanidine groups is 1. The van der Waals surface area contributed by atoms with Gasteiger partial charge in [-0.05, 0) is 43.2 Å². The van der Waals surface area contributed by atoms with Crippen LogP contribution in [0.1, 0.15) is 43.2 Å². The second-order valence-electron chi connectivity index (χ2n) is 9.23. The van der Waals surface area contributed by atoms with Gasteiger partial charge in [-0.3, -0.25) is 19.9 Å². The molecule has 2 aromatic carbocycles. The minimum atomic E-state index is -1.18. The first-order valence-electron chi connectivity index (χ1n) is 13.0. The Bertz CT molecular complexity index is 1140. The molecule has 2 aromatic rings. The number of nitrogens with one attached hydrogen (secondary N) is 2. The van der Waals surface area contributed by atoms with E-state index in [9.17, 15) is 24.3 Å². The summed E-state index contributed by atoms with van der Waals surface area (Å²) in [6, 6.07) is 17.0. The number of carbonyl (C=O) groups excluding carboxylic acids is 3. The molecule has 11 heteroatoms. The number of hydrogen-bond donors (Lipinski definition) is 4. The lowest BCUT2D eigenvalue weighted by molar-refractivity contribution is -0.144. The largest absolute Gasteiger partial charge is 0.480 e. The van der Waals surface area contributed by atoms with Gasteiger partial charge in [-0.2, -0.15) is 0 Å². The van der Waals surface area contributed by atoms with Crippen LogP contribution in [0.15, 0.2) is 65.7 Å². The SMILES string of the molecule is NC(=NCCC[C@H](NC(=O)[C@@H]1CCCN1C(=O)CCc1ccccc1)C(=O)O)NC(=O)OCc1ccccc1. The van der Waals surface area contributed by atoms with Crippen LogP contribution in [-0.4, -0.2) is 65.0 Å². The fourth-order valence-corrected chi connectivity index (χ4v) is 4.30. The van der Waals surface area contributed by atoms with Crippen LogP contribution in [0.2, 0.25) is 0 Å². The quantitative estimate of drug-likeness (QED) is 0.183. The molecule has 3 rings (SSSR count). The van der Waals surface area contributed by atoms with Crippen LogP contribution in [0.25, 0.3) is 0 Å². The second-order valence-corrected chi connectivity index (χ2v) is 9.23. The normalized spacial score (nSPS) is 15.8.